The Hall–Kier alpha value is -2.72. The molecule has 3 rings (SSSR count). The number of rotatable bonds is 4. The molecule has 1 aromatic carbocycles. The van der Waals surface area contributed by atoms with E-state index in [0.29, 0.717) is 11.3 Å². The van der Waals surface area contributed by atoms with Crippen LogP contribution in [0.5, 0.6) is 0 Å². The lowest BCUT2D eigenvalue weighted by atomic mass is 9.79. The molecule has 7 heteroatoms. The maximum atomic E-state index is 14.3. The van der Waals surface area contributed by atoms with Gasteiger partial charge in [-0.25, -0.2) is 9.37 Å². The lowest BCUT2D eigenvalue weighted by molar-refractivity contribution is 0.170. The number of nitriles is 1. The maximum absolute atomic E-state index is 14.3. The van der Waals surface area contributed by atoms with Crippen LogP contribution >= 0.6 is 0 Å². The first-order chi connectivity index (χ1) is 12.7. The van der Waals surface area contributed by atoms with Gasteiger partial charge in [-0.15, -0.1) is 0 Å². The summed E-state index contributed by atoms with van der Waals surface area (Å²) in [6.07, 6.45) is 2.86. The molecule has 2 heterocycles. The van der Waals surface area contributed by atoms with Crippen molar-refractivity contribution in [2.45, 2.75) is 57.7 Å². The number of aromatic nitrogens is 2. The van der Waals surface area contributed by atoms with Crippen LogP contribution in [0.1, 0.15) is 46.1 Å². The molecule has 0 bridgehead atoms. The summed E-state index contributed by atoms with van der Waals surface area (Å²) in [6, 6.07) is 9.15. The van der Waals surface area contributed by atoms with Crippen molar-refractivity contribution in [3.8, 4) is 6.07 Å². The number of halogens is 1. The summed E-state index contributed by atoms with van der Waals surface area (Å²) in [5.41, 5.74) is 1.10. The summed E-state index contributed by atoms with van der Waals surface area (Å²) < 4.78 is 14.3. The number of nitrogens with one attached hydrogen (secondary N) is 3. The van der Waals surface area contributed by atoms with Crippen LogP contribution in [0, 0.1) is 17.1 Å². The third-order valence-electron chi connectivity index (χ3n) is 4.52. The van der Waals surface area contributed by atoms with Gasteiger partial charge >= 0.3 is 0 Å². The standard InChI is InChI=1S/C20H25FN6/c1-19(2)9-15(10-20(3,4)27-19)24-17-16(21)12-23-18(26-17)25-14-7-5-6-13(8-14)11-22/h5-8,12,15,27H,9-10H2,1-4H3,(H2,23,24,25,26). The van der Waals surface area contributed by atoms with Crippen molar-refractivity contribution in [3.05, 3.63) is 41.8 Å². The van der Waals surface area contributed by atoms with E-state index in [1.54, 1.807) is 24.3 Å². The topological polar surface area (TPSA) is 85.7 Å². The molecule has 1 fully saturated rings. The van der Waals surface area contributed by atoms with Crippen LogP contribution in [0.2, 0.25) is 0 Å². The highest BCUT2D eigenvalue weighted by atomic mass is 19.1. The van der Waals surface area contributed by atoms with Gasteiger partial charge < -0.3 is 16.0 Å². The van der Waals surface area contributed by atoms with Gasteiger partial charge in [0, 0.05) is 22.8 Å². The van der Waals surface area contributed by atoms with Crippen LogP contribution in [-0.4, -0.2) is 27.1 Å². The van der Waals surface area contributed by atoms with Gasteiger partial charge in [0.25, 0.3) is 0 Å². The van der Waals surface area contributed by atoms with Gasteiger partial charge in [0.2, 0.25) is 5.95 Å². The highest BCUT2D eigenvalue weighted by molar-refractivity contribution is 5.57. The van der Waals surface area contributed by atoms with E-state index in [4.69, 9.17) is 5.26 Å². The van der Waals surface area contributed by atoms with Crippen LogP contribution in [0.4, 0.5) is 21.8 Å². The van der Waals surface area contributed by atoms with Crippen molar-refractivity contribution in [1.82, 2.24) is 15.3 Å². The average molecular weight is 368 g/mol. The van der Waals surface area contributed by atoms with Crippen molar-refractivity contribution in [1.29, 1.82) is 5.26 Å². The zero-order valence-corrected chi connectivity index (χ0v) is 16.1. The smallest absolute Gasteiger partial charge is 0.229 e. The lowest BCUT2D eigenvalue weighted by Crippen LogP contribution is -2.60. The zero-order valence-electron chi connectivity index (χ0n) is 16.1. The van der Waals surface area contributed by atoms with Crippen molar-refractivity contribution < 1.29 is 4.39 Å². The summed E-state index contributed by atoms with van der Waals surface area (Å²) >= 11 is 0. The van der Waals surface area contributed by atoms with E-state index in [-0.39, 0.29) is 28.9 Å². The predicted octanol–water partition coefficient (Wildman–Crippen LogP) is 3.95. The highest BCUT2D eigenvalue weighted by Gasteiger charge is 2.38. The number of hydrogen-bond acceptors (Lipinski definition) is 6. The summed E-state index contributed by atoms with van der Waals surface area (Å²) in [7, 11) is 0. The molecule has 0 spiro atoms. The van der Waals surface area contributed by atoms with Crippen LogP contribution in [0.3, 0.4) is 0 Å². The van der Waals surface area contributed by atoms with Crippen LogP contribution in [0.15, 0.2) is 30.5 Å². The van der Waals surface area contributed by atoms with Crippen molar-refractivity contribution >= 4 is 17.5 Å². The number of nitrogens with zero attached hydrogens (tertiary/aromatic N) is 3. The molecule has 0 unspecified atom stereocenters. The predicted molar refractivity (Wildman–Crippen MR) is 104 cm³/mol. The Bertz CT molecular complexity index is 855. The fourth-order valence-corrected chi connectivity index (χ4v) is 3.94. The van der Waals surface area contributed by atoms with E-state index >= 15 is 0 Å². The normalized spacial score (nSPS) is 18.5. The molecule has 1 aliphatic rings. The SMILES string of the molecule is CC1(C)CC(Nc2nc(Nc3cccc(C#N)c3)ncc2F)CC(C)(C)N1. The summed E-state index contributed by atoms with van der Waals surface area (Å²) in [5, 5.41) is 18.9. The van der Waals surface area contributed by atoms with Gasteiger partial charge in [0.05, 0.1) is 17.8 Å². The second kappa shape index (κ2) is 7.12. The maximum Gasteiger partial charge on any atom is 0.229 e. The minimum absolute atomic E-state index is 0.0538. The fraction of sp³-hybridized carbons (Fsp3) is 0.450. The first kappa shape index (κ1) is 19.1. The fourth-order valence-electron chi connectivity index (χ4n) is 3.94. The van der Waals surface area contributed by atoms with Crippen molar-refractivity contribution in [2.24, 2.45) is 0 Å². The Balaban J connectivity index is 1.78. The van der Waals surface area contributed by atoms with E-state index in [9.17, 15) is 4.39 Å². The molecule has 0 aliphatic carbocycles. The molecule has 0 amide bonds. The molecular weight excluding hydrogens is 343 g/mol. The molecule has 1 aromatic heterocycles. The molecule has 3 N–H and O–H groups in total. The van der Waals surface area contributed by atoms with E-state index in [2.05, 4.69) is 59.7 Å². The molecule has 142 valence electrons. The van der Waals surface area contributed by atoms with E-state index in [1.165, 1.54) is 0 Å². The number of anilines is 3. The van der Waals surface area contributed by atoms with Crippen molar-refractivity contribution in [3.63, 3.8) is 0 Å². The Kier molecular flexibility index (Phi) is 5.03. The van der Waals surface area contributed by atoms with Gasteiger partial charge in [-0.1, -0.05) is 6.07 Å². The molecule has 6 nitrogen and oxygen atoms in total. The zero-order chi connectivity index (χ0) is 19.7. The third kappa shape index (κ3) is 4.92. The molecular formula is C20H25FN6. The van der Waals surface area contributed by atoms with Crippen LogP contribution < -0.4 is 16.0 Å². The molecule has 1 saturated heterocycles. The van der Waals surface area contributed by atoms with Gasteiger partial charge in [-0.3, -0.25) is 0 Å². The van der Waals surface area contributed by atoms with Crippen LogP contribution in [-0.2, 0) is 0 Å². The molecule has 1 aliphatic heterocycles. The largest absolute Gasteiger partial charge is 0.365 e. The number of benzene rings is 1. The van der Waals surface area contributed by atoms with Gasteiger partial charge in [-0.2, -0.15) is 10.2 Å². The lowest BCUT2D eigenvalue weighted by Gasteiger charge is -2.46. The minimum atomic E-state index is -0.486. The number of piperidine rings is 1. The van der Waals surface area contributed by atoms with Gasteiger partial charge in [0.15, 0.2) is 11.6 Å². The van der Waals surface area contributed by atoms with E-state index < -0.39 is 5.82 Å². The Morgan fingerprint density at radius 1 is 1.22 bits per heavy atom. The minimum Gasteiger partial charge on any atom is -0.365 e. The van der Waals surface area contributed by atoms with E-state index in [1.807, 2.05) is 0 Å². The molecule has 2 aromatic rings. The monoisotopic (exact) mass is 368 g/mol. The molecule has 0 radical (unpaired) electrons. The van der Waals surface area contributed by atoms with Crippen molar-refractivity contribution in [2.75, 3.05) is 10.6 Å². The quantitative estimate of drug-likeness (QED) is 0.758. The Labute approximate surface area is 159 Å². The van der Waals surface area contributed by atoms with Crippen LogP contribution in [0.25, 0.3) is 0 Å². The first-order valence-electron chi connectivity index (χ1n) is 9.01. The summed E-state index contributed by atoms with van der Waals surface area (Å²) in [6.45, 7) is 8.59. The number of hydrogen-bond donors (Lipinski definition) is 3. The third-order valence-corrected chi connectivity index (χ3v) is 4.52. The Morgan fingerprint density at radius 2 is 1.93 bits per heavy atom. The second-order valence-electron chi connectivity index (χ2n) is 8.35. The molecule has 0 atom stereocenters. The second-order valence-corrected chi connectivity index (χ2v) is 8.35. The summed E-state index contributed by atoms with van der Waals surface area (Å²) in [5.74, 6) is -0.0237. The average Bonchev–Trinajstić information content (AvgIpc) is 2.55. The molecule has 0 saturated carbocycles. The van der Waals surface area contributed by atoms with Gasteiger partial charge in [-0.05, 0) is 58.7 Å². The highest BCUT2D eigenvalue weighted by Crippen LogP contribution is 2.30. The summed E-state index contributed by atoms with van der Waals surface area (Å²) in [4.78, 5) is 8.31. The first-order valence-corrected chi connectivity index (χ1v) is 9.01. The Morgan fingerprint density at radius 3 is 2.59 bits per heavy atom. The van der Waals surface area contributed by atoms with Gasteiger partial charge in [0.1, 0.15) is 0 Å². The molecule has 27 heavy (non-hydrogen) atoms. The van der Waals surface area contributed by atoms with E-state index in [0.717, 1.165) is 19.0 Å².